The number of aliphatic hydroxyl groups is 1. The SMILES string of the molecule is O=C(Nc1ccccc1)C1CCCN(Cc2ccc(CO)cc2)C1. The number of aliphatic hydroxyl groups excluding tert-OH is 1. The van der Waals surface area contributed by atoms with Crippen molar-refractivity contribution in [2.45, 2.75) is 26.0 Å². The minimum atomic E-state index is 0.0377. The standard InChI is InChI=1S/C20H24N2O2/c23-15-17-10-8-16(9-11-17)13-22-12-4-5-18(14-22)20(24)21-19-6-2-1-3-7-19/h1-3,6-11,18,23H,4-5,12-15H2,(H,21,24). The summed E-state index contributed by atoms with van der Waals surface area (Å²) in [6.07, 6.45) is 1.99. The van der Waals surface area contributed by atoms with Crippen LogP contribution in [0.15, 0.2) is 54.6 Å². The molecule has 2 aromatic rings. The van der Waals surface area contributed by atoms with Gasteiger partial charge in [0.25, 0.3) is 0 Å². The summed E-state index contributed by atoms with van der Waals surface area (Å²) in [6, 6.07) is 17.7. The zero-order valence-electron chi connectivity index (χ0n) is 13.8. The molecule has 0 radical (unpaired) electrons. The number of nitrogens with one attached hydrogen (secondary N) is 1. The molecular formula is C20H24N2O2. The lowest BCUT2D eigenvalue weighted by Gasteiger charge is -2.32. The molecule has 1 fully saturated rings. The maximum absolute atomic E-state index is 12.5. The highest BCUT2D eigenvalue weighted by atomic mass is 16.3. The first-order chi connectivity index (χ1) is 11.7. The largest absolute Gasteiger partial charge is 0.392 e. The van der Waals surface area contributed by atoms with E-state index in [1.807, 2.05) is 42.5 Å². The predicted molar refractivity (Wildman–Crippen MR) is 95.4 cm³/mol. The van der Waals surface area contributed by atoms with Crippen LogP contribution in [-0.4, -0.2) is 29.0 Å². The van der Waals surface area contributed by atoms with Crippen molar-refractivity contribution in [1.29, 1.82) is 0 Å². The quantitative estimate of drug-likeness (QED) is 0.889. The molecule has 1 aliphatic heterocycles. The molecule has 1 unspecified atom stereocenters. The zero-order chi connectivity index (χ0) is 16.8. The van der Waals surface area contributed by atoms with Gasteiger partial charge in [-0.05, 0) is 42.6 Å². The van der Waals surface area contributed by atoms with Crippen LogP contribution < -0.4 is 5.32 Å². The summed E-state index contributed by atoms with van der Waals surface area (Å²) in [6.45, 7) is 2.74. The van der Waals surface area contributed by atoms with Gasteiger partial charge in [0.1, 0.15) is 0 Å². The van der Waals surface area contributed by atoms with Gasteiger partial charge in [0, 0.05) is 18.8 Å². The second-order valence-corrected chi connectivity index (χ2v) is 6.40. The number of hydrogen-bond donors (Lipinski definition) is 2. The van der Waals surface area contributed by atoms with Crippen LogP contribution >= 0.6 is 0 Å². The number of carbonyl (C=O) groups excluding carboxylic acids is 1. The van der Waals surface area contributed by atoms with Crippen molar-refractivity contribution in [2.75, 3.05) is 18.4 Å². The monoisotopic (exact) mass is 324 g/mol. The van der Waals surface area contributed by atoms with Crippen molar-refractivity contribution in [3.8, 4) is 0 Å². The molecule has 2 aromatic carbocycles. The van der Waals surface area contributed by atoms with E-state index in [9.17, 15) is 4.79 Å². The summed E-state index contributed by atoms with van der Waals surface area (Å²) in [7, 11) is 0. The Morgan fingerprint density at radius 3 is 2.50 bits per heavy atom. The van der Waals surface area contributed by atoms with Crippen LogP contribution in [-0.2, 0) is 17.9 Å². The smallest absolute Gasteiger partial charge is 0.228 e. The highest BCUT2D eigenvalue weighted by molar-refractivity contribution is 5.92. The van der Waals surface area contributed by atoms with Crippen molar-refractivity contribution in [1.82, 2.24) is 4.90 Å². The Hall–Kier alpha value is -2.17. The number of carbonyl (C=O) groups is 1. The number of piperidine rings is 1. The van der Waals surface area contributed by atoms with E-state index >= 15 is 0 Å². The maximum atomic E-state index is 12.5. The number of likely N-dealkylation sites (tertiary alicyclic amines) is 1. The van der Waals surface area contributed by atoms with Gasteiger partial charge in [0.15, 0.2) is 0 Å². The van der Waals surface area contributed by atoms with Gasteiger partial charge >= 0.3 is 0 Å². The van der Waals surface area contributed by atoms with Crippen LogP contribution in [0.4, 0.5) is 5.69 Å². The van der Waals surface area contributed by atoms with E-state index in [0.29, 0.717) is 0 Å². The molecule has 126 valence electrons. The predicted octanol–water partition coefficient (Wildman–Crippen LogP) is 3.03. The van der Waals surface area contributed by atoms with Gasteiger partial charge in [-0.1, -0.05) is 42.5 Å². The number of amides is 1. The van der Waals surface area contributed by atoms with E-state index in [0.717, 1.165) is 43.7 Å². The molecule has 0 bridgehead atoms. The first kappa shape index (κ1) is 16.7. The van der Waals surface area contributed by atoms with Gasteiger partial charge in [-0.25, -0.2) is 0 Å². The van der Waals surface area contributed by atoms with E-state index in [2.05, 4.69) is 22.3 Å². The molecule has 1 amide bonds. The number of para-hydroxylation sites is 1. The maximum Gasteiger partial charge on any atom is 0.228 e. The Morgan fingerprint density at radius 1 is 1.08 bits per heavy atom. The van der Waals surface area contributed by atoms with E-state index in [1.165, 1.54) is 5.56 Å². The normalized spacial score (nSPS) is 18.3. The molecule has 2 N–H and O–H groups in total. The van der Waals surface area contributed by atoms with Gasteiger partial charge in [0.2, 0.25) is 5.91 Å². The Balaban J connectivity index is 1.56. The summed E-state index contributed by atoms with van der Waals surface area (Å²) in [5.41, 5.74) is 3.01. The summed E-state index contributed by atoms with van der Waals surface area (Å²) >= 11 is 0. The third kappa shape index (κ3) is 4.43. The van der Waals surface area contributed by atoms with Crippen molar-refractivity contribution in [2.24, 2.45) is 5.92 Å². The van der Waals surface area contributed by atoms with Crippen molar-refractivity contribution in [3.05, 3.63) is 65.7 Å². The van der Waals surface area contributed by atoms with Crippen LogP contribution in [0.1, 0.15) is 24.0 Å². The zero-order valence-corrected chi connectivity index (χ0v) is 13.8. The lowest BCUT2D eigenvalue weighted by atomic mass is 9.96. The second kappa shape index (κ2) is 8.08. The number of rotatable bonds is 5. The lowest BCUT2D eigenvalue weighted by molar-refractivity contribution is -0.121. The van der Waals surface area contributed by atoms with Crippen LogP contribution in [0.25, 0.3) is 0 Å². The molecule has 4 nitrogen and oxygen atoms in total. The molecule has 1 saturated heterocycles. The van der Waals surface area contributed by atoms with E-state index in [1.54, 1.807) is 0 Å². The fourth-order valence-electron chi connectivity index (χ4n) is 3.19. The number of nitrogens with zero attached hydrogens (tertiary/aromatic N) is 1. The number of benzene rings is 2. The number of hydrogen-bond acceptors (Lipinski definition) is 3. The summed E-state index contributed by atoms with van der Waals surface area (Å²) < 4.78 is 0. The molecule has 1 aliphatic rings. The van der Waals surface area contributed by atoms with Gasteiger partial charge in [-0.15, -0.1) is 0 Å². The highest BCUT2D eigenvalue weighted by Crippen LogP contribution is 2.20. The Morgan fingerprint density at radius 2 is 1.79 bits per heavy atom. The molecular weight excluding hydrogens is 300 g/mol. The summed E-state index contributed by atoms with van der Waals surface area (Å²) in [5, 5.41) is 12.1. The highest BCUT2D eigenvalue weighted by Gasteiger charge is 2.25. The van der Waals surface area contributed by atoms with E-state index < -0.39 is 0 Å². The van der Waals surface area contributed by atoms with Crippen LogP contribution in [0.3, 0.4) is 0 Å². The molecule has 24 heavy (non-hydrogen) atoms. The first-order valence-electron chi connectivity index (χ1n) is 8.51. The second-order valence-electron chi connectivity index (χ2n) is 6.40. The molecule has 0 aliphatic carbocycles. The molecule has 3 rings (SSSR count). The topological polar surface area (TPSA) is 52.6 Å². The van der Waals surface area contributed by atoms with Crippen molar-refractivity contribution < 1.29 is 9.90 Å². The molecule has 0 saturated carbocycles. The van der Waals surface area contributed by atoms with Crippen LogP contribution in [0.5, 0.6) is 0 Å². The Kier molecular flexibility index (Phi) is 5.62. The molecule has 4 heteroatoms. The minimum Gasteiger partial charge on any atom is -0.392 e. The van der Waals surface area contributed by atoms with Crippen molar-refractivity contribution >= 4 is 11.6 Å². The fourth-order valence-corrected chi connectivity index (χ4v) is 3.19. The third-order valence-electron chi connectivity index (χ3n) is 4.53. The van der Waals surface area contributed by atoms with Gasteiger partial charge < -0.3 is 10.4 Å². The van der Waals surface area contributed by atoms with E-state index in [-0.39, 0.29) is 18.4 Å². The molecule has 0 aromatic heterocycles. The average molecular weight is 324 g/mol. The molecule has 1 atom stereocenters. The minimum absolute atomic E-state index is 0.0377. The van der Waals surface area contributed by atoms with Crippen molar-refractivity contribution in [3.63, 3.8) is 0 Å². The van der Waals surface area contributed by atoms with Gasteiger partial charge in [0.05, 0.1) is 12.5 Å². The Bertz CT molecular complexity index is 655. The fraction of sp³-hybridized carbons (Fsp3) is 0.350. The average Bonchev–Trinajstić information content (AvgIpc) is 2.63. The third-order valence-corrected chi connectivity index (χ3v) is 4.53. The van der Waals surface area contributed by atoms with Crippen LogP contribution in [0.2, 0.25) is 0 Å². The number of anilines is 1. The van der Waals surface area contributed by atoms with E-state index in [4.69, 9.17) is 5.11 Å². The molecule has 1 heterocycles. The van der Waals surface area contributed by atoms with Crippen LogP contribution in [0, 0.1) is 5.92 Å². The first-order valence-corrected chi connectivity index (χ1v) is 8.51. The molecule has 0 spiro atoms. The lowest BCUT2D eigenvalue weighted by Crippen LogP contribution is -2.40. The Labute approximate surface area is 143 Å². The summed E-state index contributed by atoms with van der Waals surface area (Å²) in [5.74, 6) is 0.150. The summed E-state index contributed by atoms with van der Waals surface area (Å²) in [4.78, 5) is 14.8. The van der Waals surface area contributed by atoms with Gasteiger partial charge in [-0.3, -0.25) is 9.69 Å². The van der Waals surface area contributed by atoms with Gasteiger partial charge in [-0.2, -0.15) is 0 Å².